The average Bonchev–Trinajstić information content (AvgIpc) is 3.38. The number of carbonyl (C=O) groups is 1. The van der Waals surface area contributed by atoms with Crippen LogP contribution in [-0.2, 0) is 4.79 Å². The van der Waals surface area contributed by atoms with Gasteiger partial charge in [-0.1, -0.05) is 12.1 Å². The first-order valence-electron chi connectivity index (χ1n) is 9.03. The number of hydrogen-bond acceptors (Lipinski definition) is 5. The molecule has 0 radical (unpaired) electrons. The monoisotopic (exact) mass is 423 g/mol. The van der Waals surface area contributed by atoms with E-state index in [9.17, 15) is 9.18 Å². The van der Waals surface area contributed by atoms with Crippen LogP contribution in [0.5, 0.6) is 0 Å². The summed E-state index contributed by atoms with van der Waals surface area (Å²) in [5.74, 6) is -0.394. The van der Waals surface area contributed by atoms with Crippen LogP contribution in [0.15, 0.2) is 60.0 Å². The number of halogens is 1. The van der Waals surface area contributed by atoms with E-state index in [2.05, 4.69) is 9.97 Å². The van der Waals surface area contributed by atoms with Crippen molar-refractivity contribution in [3.8, 4) is 10.6 Å². The van der Waals surface area contributed by atoms with Gasteiger partial charge in [-0.2, -0.15) is 0 Å². The van der Waals surface area contributed by atoms with E-state index in [0.29, 0.717) is 5.69 Å². The Morgan fingerprint density at radius 3 is 2.66 bits per heavy atom. The summed E-state index contributed by atoms with van der Waals surface area (Å²) in [4.78, 5) is 23.4. The minimum Gasteiger partial charge on any atom is -0.333 e. The smallest absolute Gasteiger partial charge is 0.246 e. The van der Waals surface area contributed by atoms with Crippen LogP contribution in [0, 0.1) is 5.82 Å². The molecule has 0 aliphatic carbocycles. The zero-order chi connectivity index (χ0) is 20.4. The van der Waals surface area contributed by atoms with Crippen molar-refractivity contribution in [1.82, 2.24) is 14.9 Å². The van der Waals surface area contributed by atoms with Gasteiger partial charge in [-0.25, -0.2) is 14.4 Å². The van der Waals surface area contributed by atoms with Gasteiger partial charge in [0.1, 0.15) is 15.8 Å². The van der Waals surface area contributed by atoms with E-state index in [0.717, 1.165) is 25.8 Å². The average molecular weight is 424 g/mol. The van der Waals surface area contributed by atoms with E-state index < -0.39 is 0 Å². The molecule has 1 atom stereocenters. The lowest BCUT2D eigenvalue weighted by molar-refractivity contribution is -0.126. The number of likely N-dealkylation sites (N-methyl/N-ethyl adjacent to an activating group) is 1. The summed E-state index contributed by atoms with van der Waals surface area (Å²) in [5.41, 5.74) is 2.50. The van der Waals surface area contributed by atoms with Crippen LogP contribution in [0.4, 0.5) is 4.39 Å². The minimum atomic E-state index is -0.277. The third-order valence-electron chi connectivity index (χ3n) is 4.61. The third kappa shape index (κ3) is 4.26. The van der Waals surface area contributed by atoms with Crippen molar-refractivity contribution in [2.24, 2.45) is 0 Å². The summed E-state index contributed by atoms with van der Waals surface area (Å²) in [6.45, 7) is 1.97. The number of carbonyl (C=O) groups excluding carboxylic acids is 1. The van der Waals surface area contributed by atoms with Gasteiger partial charge < -0.3 is 4.90 Å². The number of nitrogens with zero attached hydrogens (tertiary/aromatic N) is 3. The lowest BCUT2D eigenvalue weighted by Gasteiger charge is -2.21. The van der Waals surface area contributed by atoms with Gasteiger partial charge in [-0.3, -0.25) is 4.79 Å². The zero-order valence-electron chi connectivity index (χ0n) is 15.9. The maximum Gasteiger partial charge on any atom is 0.246 e. The predicted octanol–water partition coefficient (Wildman–Crippen LogP) is 5.79. The third-order valence-corrected chi connectivity index (χ3v) is 6.72. The molecule has 2 aromatic heterocycles. The highest BCUT2D eigenvalue weighted by atomic mass is 32.1. The van der Waals surface area contributed by atoms with Crippen molar-refractivity contribution in [2.75, 3.05) is 7.05 Å². The second-order valence-electron chi connectivity index (χ2n) is 6.56. The first kappa shape index (κ1) is 19.4. The van der Waals surface area contributed by atoms with Gasteiger partial charge in [0.05, 0.1) is 22.0 Å². The molecule has 0 bridgehead atoms. The quantitative estimate of drug-likeness (QED) is 0.382. The van der Waals surface area contributed by atoms with Gasteiger partial charge in [0.15, 0.2) is 0 Å². The van der Waals surface area contributed by atoms with Gasteiger partial charge in [0.25, 0.3) is 0 Å². The van der Waals surface area contributed by atoms with Gasteiger partial charge >= 0.3 is 0 Å². The van der Waals surface area contributed by atoms with Crippen LogP contribution < -0.4 is 0 Å². The van der Waals surface area contributed by atoms with Crippen molar-refractivity contribution in [1.29, 1.82) is 0 Å². The SMILES string of the molecule is CC(c1nc2ccccc2s1)N(C)C(=O)/C=C/c1csc(-c2ccc(F)cc2)n1. The molecule has 0 fully saturated rings. The first-order chi connectivity index (χ1) is 14.0. The van der Waals surface area contributed by atoms with Gasteiger partial charge in [-0.05, 0) is 49.4 Å². The highest BCUT2D eigenvalue weighted by Crippen LogP contribution is 2.29. The summed E-state index contributed by atoms with van der Waals surface area (Å²) in [7, 11) is 1.77. The Balaban J connectivity index is 1.45. The predicted molar refractivity (Wildman–Crippen MR) is 117 cm³/mol. The molecule has 0 aliphatic heterocycles. The van der Waals surface area contributed by atoms with Crippen molar-refractivity contribution in [3.63, 3.8) is 0 Å². The molecule has 0 N–H and O–H groups in total. The molecule has 4 nitrogen and oxygen atoms in total. The molecule has 0 spiro atoms. The number of rotatable bonds is 5. The fourth-order valence-corrected chi connectivity index (χ4v) is 4.64. The van der Waals surface area contributed by atoms with Gasteiger partial charge in [0.2, 0.25) is 5.91 Å². The van der Waals surface area contributed by atoms with Crippen molar-refractivity contribution >= 4 is 44.9 Å². The molecule has 2 aromatic carbocycles. The molecule has 2 heterocycles. The van der Waals surface area contributed by atoms with E-state index in [4.69, 9.17) is 0 Å². The molecule has 0 saturated heterocycles. The maximum absolute atomic E-state index is 13.1. The summed E-state index contributed by atoms with van der Waals surface area (Å²) < 4.78 is 14.2. The zero-order valence-corrected chi connectivity index (χ0v) is 17.5. The first-order valence-corrected chi connectivity index (χ1v) is 10.7. The van der Waals surface area contributed by atoms with Crippen molar-refractivity contribution < 1.29 is 9.18 Å². The second kappa shape index (κ2) is 8.23. The number of para-hydroxylation sites is 1. The lowest BCUT2D eigenvalue weighted by Crippen LogP contribution is -2.27. The molecule has 1 amide bonds. The molecule has 4 rings (SSSR count). The number of hydrogen-bond donors (Lipinski definition) is 0. The maximum atomic E-state index is 13.1. The molecule has 7 heteroatoms. The number of thiazole rings is 2. The van der Waals surface area contributed by atoms with E-state index >= 15 is 0 Å². The Hall–Kier alpha value is -2.90. The highest BCUT2D eigenvalue weighted by Gasteiger charge is 2.19. The van der Waals surface area contributed by atoms with Crippen LogP contribution in [0.3, 0.4) is 0 Å². The Morgan fingerprint density at radius 1 is 1.14 bits per heavy atom. The van der Waals surface area contributed by atoms with E-state index in [1.807, 2.05) is 36.6 Å². The van der Waals surface area contributed by atoms with Crippen molar-refractivity contribution in [2.45, 2.75) is 13.0 Å². The molecule has 0 aliphatic rings. The summed E-state index contributed by atoms with van der Waals surface area (Å²) in [5, 5.41) is 3.57. The van der Waals surface area contributed by atoms with Gasteiger partial charge in [-0.15, -0.1) is 22.7 Å². The number of benzene rings is 2. The topological polar surface area (TPSA) is 46.1 Å². The summed E-state index contributed by atoms with van der Waals surface area (Å²) >= 11 is 3.06. The lowest BCUT2D eigenvalue weighted by atomic mass is 10.2. The molecular formula is C22H18FN3OS2. The van der Waals surface area contributed by atoms with Crippen LogP contribution in [0.25, 0.3) is 26.9 Å². The molecule has 4 aromatic rings. The van der Waals surface area contributed by atoms with Crippen LogP contribution >= 0.6 is 22.7 Å². The fraction of sp³-hybridized carbons (Fsp3) is 0.136. The molecule has 1 unspecified atom stereocenters. The summed E-state index contributed by atoms with van der Waals surface area (Å²) in [6, 6.07) is 14.0. The van der Waals surface area contributed by atoms with Crippen LogP contribution in [0.2, 0.25) is 0 Å². The highest BCUT2D eigenvalue weighted by molar-refractivity contribution is 7.18. The number of fused-ring (bicyclic) bond motifs is 1. The Morgan fingerprint density at radius 2 is 1.90 bits per heavy atom. The standard InChI is InChI=1S/C22H18FN3OS2/c1-14(21-25-18-5-3-4-6-19(18)29-21)26(2)20(27)12-11-17-13-28-22(24-17)15-7-9-16(23)10-8-15/h3-14H,1-2H3/b12-11+. The number of amides is 1. The van der Waals surface area contributed by atoms with Gasteiger partial charge in [0, 0.05) is 24.1 Å². The fourth-order valence-electron chi connectivity index (χ4n) is 2.79. The largest absolute Gasteiger partial charge is 0.333 e. The van der Waals surface area contributed by atoms with E-state index in [1.54, 1.807) is 41.5 Å². The molecular weight excluding hydrogens is 405 g/mol. The van der Waals surface area contributed by atoms with Crippen LogP contribution in [0.1, 0.15) is 23.7 Å². The Labute approximate surface area is 176 Å². The second-order valence-corrected chi connectivity index (χ2v) is 8.48. The minimum absolute atomic E-state index is 0.118. The molecule has 0 saturated carbocycles. The Bertz CT molecular complexity index is 1150. The molecule has 146 valence electrons. The Kier molecular flexibility index (Phi) is 5.51. The normalized spacial score (nSPS) is 12.5. The van der Waals surface area contributed by atoms with E-state index in [-0.39, 0.29) is 17.8 Å². The van der Waals surface area contributed by atoms with Crippen LogP contribution in [-0.4, -0.2) is 27.8 Å². The summed E-state index contributed by atoms with van der Waals surface area (Å²) in [6.07, 6.45) is 3.22. The van der Waals surface area contributed by atoms with E-state index in [1.165, 1.54) is 29.5 Å². The number of aromatic nitrogens is 2. The molecule has 29 heavy (non-hydrogen) atoms. The van der Waals surface area contributed by atoms with Crippen molar-refractivity contribution in [3.05, 3.63) is 76.5 Å².